The lowest BCUT2D eigenvalue weighted by Crippen LogP contribution is -2.12. The minimum Gasteiger partial charge on any atom is -0.323 e. The lowest BCUT2D eigenvalue weighted by molar-refractivity contribution is 0.665. The largest absolute Gasteiger partial charge is 0.323 e. The molecular weight excluding hydrogens is 260 g/mol. The standard InChI is InChI=1S/C14H19ClN4/c1-4-11(16)14-12(5-2)19(18-17-14)13-7-6-10(15)8-9(13)3/h6-8,11H,4-5,16H2,1-3H3. The maximum absolute atomic E-state index is 6.09. The molecule has 0 spiro atoms. The fourth-order valence-electron chi connectivity index (χ4n) is 2.18. The van der Waals surface area contributed by atoms with Crippen molar-refractivity contribution in [1.82, 2.24) is 15.0 Å². The van der Waals surface area contributed by atoms with Crippen molar-refractivity contribution < 1.29 is 0 Å². The van der Waals surface area contributed by atoms with Gasteiger partial charge < -0.3 is 5.73 Å². The quantitative estimate of drug-likeness (QED) is 0.934. The van der Waals surface area contributed by atoms with Gasteiger partial charge in [0.05, 0.1) is 17.4 Å². The van der Waals surface area contributed by atoms with Gasteiger partial charge in [0.1, 0.15) is 5.69 Å². The molecule has 1 unspecified atom stereocenters. The minimum absolute atomic E-state index is 0.0590. The van der Waals surface area contributed by atoms with Crippen molar-refractivity contribution in [3.8, 4) is 5.69 Å². The van der Waals surface area contributed by atoms with E-state index >= 15 is 0 Å². The summed E-state index contributed by atoms with van der Waals surface area (Å²) in [5.74, 6) is 0. The summed E-state index contributed by atoms with van der Waals surface area (Å²) >= 11 is 5.99. The number of hydrogen-bond acceptors (Lipinski definition) is 3. The van der Waals surface area contributed by atoms with Gasteiger partial charge in [0.15, 0.2) is 0 Å². The predicted octanol–water partition coefficient (Wildman–Crippen LogP) is 3.20. The van der Waals surface area contributed by atoms with E-state index in [1.807, 2.05) is 29.8 Å². The summed E-state index contributed by atoms with van der Waals surface area (Å²) in [5, 5.41) is 9.24. The Morgan fingerprint density at radius 3 is 2.68 bits per heavy atom. The molecule has 2 rings (SSSR count). The molecular formula is C14H19ClN4. The van der Waals surface area contributed by atoms with Gasteiger partial charge in [0.2, 0.25) is 0 Å². The van der Waals surface area contributed by atoms with Crippen molar-refractivity contribution in [2.24, 2.45) is 5.73 Å². The number of nitrogens with zero attached hydrogens (tertiary/aromatic N) is 3. The molecule has 4 nitrogen and oxygen atoms in total. The predicted molar refractivity (Wildman–Crippen MR) is 77.7 cm³/mol. The van der Waals surface area contributed by atoms with E-state index < -0.39 is 0 Å². The van der Waals surface area contributed by atoms with Crippen molar-refractivity contribution in [2.45, 2.75) is 39.7 Å². The molecule has 5 heteroatoms. The van der Waals surface area contributed by atoms with Crippen LogP contribution >= 0.6 is 11.6 Å². The first-order valence-electron chi connectivity index (χ1n) is 6.55. The molecule has 2 N–H and O–H groups in total. The smallest absolute Gasteiger partial charge is 0.103 e. The summed E-state index contributed by atoms with van der Waals surface area (Å²) in [6.45, 7) is 6.16. The molecule has 1 aromatic carbocycles. The maximum Gasteiger partial charge on any atom is 0.103 e. The van der Waals surface area contributed by atoms with Gasteiger partial charge >= 0.3 is 0 Å². The number of aryl methyl sites for hydroxylation is 1. The van der Waals surface area contributed by atoms with Crippen LogP contribution in [0.15, 0.2) is 18.2 Å². The first-order valence-corrected chi connectivity index (χ1v) is 6.92. The molecule has 0 saturated carbocycles. The molecule has 0 saturated heterocycles. The summed E-state index contributed by atoms with van der Waals surface area (Å²) in [6.07, 6.45) is 1.70. The van der Waals surface area contributed by atoms with E-state index in [1.165, 1.54) is 0 Å². The van der Waals surface area contributed by atoms with Crippen LogP contribution in [0, 0.1) is 6.92 Å². The summed E-state index contributed by atoms with van der Waals surface area (Å²) in [4.78, 5) is 0. The van der Waals surface area contributed by atoms with Crippen molar-refractivity contribution in [2.75, 3.05) is 0 Å². The van der Waals surface area contributed by atoms with E-state index in [4.69, 9.17) is 17.3 Å². The highest BCUT2D eigenvalue weighted by molar-refractivity contribution is 6.30. The SMILES string of the molecule is CCc1c(C(N)CC)nnn1-c1ccc(Cl)cc1C. The zero-order chi connectivity index (χ0) is 14.0. The van der Waals surface area contributed by atoms with Gasteiger partial charge in [-0.3, -0.25) is 0 Å². The van der Waals surface area contributed by atoms with Crippen molar-refractivity contribution in [3.05, 3.63) is 40.2 Å². The first-order chi connectivity index (χ1) is 9.08. The normalized spacial score (nSPS) is 12.7. The second-order valence-corrected chi connectivity index (χ2v) is 5.07. The second kappa shape index (κ2) is 5.72. The lowest BCUT2D eigenvalue weighted by atomic mass is 10.1. The molecule has 0 amide bonds. The fraction of sp³-hybridized carbons (Fsp3) is 0.429. The van der Waals surface area contributed by atoms with Crippen LogP contribution < -0.4 is 5.73 Å². The molecule has 0 aliphatic heterocycles. The van der Waals surface area contributed by atoms with Gasteiger partial charge in [0.25, 0.3) is 0 Å². The van der Waals surface area contributed by atoms with Gasteiger partial charge in [0, 0.05) is 5.02 Å². The zero-order valence-corrected chi connectivity index (χ0v) is 12.3. The van der Waals surface area contributed by atoms with Gasteiger partial charge in [-0.05, 0) is 43.5 Å². The Labute approximate surface area is 118 Å². The third-order valence-corrected chi connectivity index (χ3v) is 3.54. The highest BCUT2D eigenvalue weighted by Gasteiger charge is 2.18. The maximum atomic E-state index is 6.09. The topological polar surface area (TPSA) is 56.7 Å². The van der Waals surface area contributed by atoms with E-state index in [0.29, 0.717) is 0 Å². The zero-order valence-electron chi connectivity index (χ0n) is 11.5. The van der Waals surface area contributed by atoms with Gasteiger partial charge in [-0.15, -0.1) is 5.10 Å². The number of hydrogen-bond donors (Lipinski definition) is 1. The van der Waals surface area contributed by atoms with Gasteiger partial charge in [-0.1, -0.05) is 30.7 Å². The molecule has 0 fully saturated rings. The van der Waals surface area contributed by atoms with Crippen LogP contribution in [-0.4, -0.2) is 15.0 Å². The van der Waals surface area contributed by atoms with E-state index in [9.17, 15) is 0 Å². The van der Waals surface area contributed by atoms with E-state index in [-0.39, 0.29) is 6.04 Å². The average Bonchev–Trinajstić information content (AvgIpc) is 2.81. The minimum atomic E-state index is -0.0590. The van der Waals surface area contributed by atoms with Crippen molar-refractivity contribution >= 4 is 11.6 Å². The van der Waals surface area contributed by atoms with Crippen LogP contribution in [-0.2, 0) is 6.42 Å². The van der Waals surface area contributed by atoms with E-state index in [0.717, 1.165) is 40.5 Å². The van der Waals surface area contributed by atoms with Crippen molar-refractivity contribution in [3.63, 3.8) is 0 Å². The van der Waals surface area contributed by atoms with Crippen LogP contribution in [0.25, 0.3) is 5.69 Å². The van der Waals surface area contributed by atoms with E-state index in [2.05, 4.69) is 24.2 Å². The van der Waals surface area contributed by atoms with Crippen LogP contribution in [0.1, 0.15) is 43.3 Å². The van der Waals surface area contributed by atoms with Crippen LogP contribution in [0.4, 0.5) is 0 Å². The summed E-state index contributed by atoms with van der Waals surface area (Å²) in [7, 11) is 0. The average molecular weight is 279 g/mol. The third kappa shape index (κ3) is 2.65. The Bertz CT molecular complexity index is 577. The van der Waals surface area contributed by atoms with Crippen LogP contribution in [0.3, 0.4) is 0 Å². The molecule has 1 heterocycles. The molecule has 0 bridgehead atoms. The summed E-state index contributed by atoms with van der Waals surface area (Å²) in [6, 6.07) is 5.70. The first kappa shape index (κ1) is 14.0. The highest BCUT2D eigenvalue weighted by Crippen LogP contribution is 2.23. The highest BCUT2D eigenvalue weighted by atomic mass is 35.5. The Hall–Kier alpha value is -1.39. The Morgan fingerprint density at radius 2 is 2.11 bits per heavy atom. The molecule has 0 aliphatic carbocycles. The number of benzene rings is 1. The fourth-order valence-corrected chi connectivity index (χ4v) is 2.40. The Morgan fingerprint density at radius 1 is 1.37 bits per heavy atom. The molecule has 19 heavy (non-hydrogen) atoms. The molecule has 1 aromatic heterocycles. The number of rotatable bonds is 4. The molecule has 102 valence electrons. The van der Waals surface area contributed by atoms with Crippen LogP contribution in [0.5, 0.6) is 0 Å². The third-order valence-electron chi connectivity index (χ3n) is 3.31. The molecule has 0 aliphatic rings. The summed E-state index contributed by atoms with van der Waals surface area (Å²) in [5.41, 5.74) is 10.1. The Balaban J connectivity index is 2.53. The Kier molecular flexibility index (Phi) is 4.22. The second-order valence-electron chi connectivity index (χ2n) is 4.63. The number of halogens is 1. The summed E-state index contributed by atoms with van der Waals surface area (Å²) < 4.78 is 1.87. The van der Waals surface area contributed by atoms with Gasteiger partial charge in [-0.2, -0.15) is 0 Å². The number of aromatic nitrogens is 3. The molecule has 2 aromatic rings. The molecule has 1 atom stereocenters. The molecule has 0 radical (unpaired) electrons. The van der Waals surface area contributed by atoms with E-state index in [1.54, 1.807) is 0 Å². The monoisotopic (exact) mass is 278 g/mol. The van der Waals surface area contributed by atoms with Crippen LogP contribution in [0.2, 0.25) is 5.02 Å². The van der Waals surface area contributed by atoms with Crippen molar-refractivity contribution in [1.29, 1.82) is 0 Å². The lowest BCUT2D eigenvalue weighted by Gasteiger charge is -2.11. The van der Waals surface area contributed by atoms with Gasteiger partial charge in [-0.25, -0.2) is 4.68 Å². The number of nitrogens with two attached hydrogens (primary N) is 1.